The van der Waals surface area contributed by atoms with E-state index in [1.165, 1.54) is 12.8 Å². The summed E-state index contributed by atoms with van der Waals surface area (Å²) in [6, 6.07) is 10.0. The summed E-state index contributed by atoms with van der Waals surface area (Å²) in [6.45, 7) is 5.31. The zero-order valence-electron chi connectivity index (χ0n) is 11.0. The SMILES string of the molecule is CCCCN(C)C(C)C(O)c1ccccc1.Cl. The normalized spacial score (nSPS) is 14.2. The molecule has 0 fully saturated rings. The van der Waals surface area contributed by atoms with Crippen LogP contribution in [0, 0.1) is 0 Å². The molecule has 0 saturated carbocycles. The van der Waals surface area contributed by atoms with E-state index in [9.17, 15) is 5.11 Å². The Morgan fingerprint density at radius 2 is 1.82 bits per heavy atom. The van der Waals surface area contributed by atoms with Crippen molar-refractivity contribution in [2.75, 3.05) is 13.6 Å². The van der Waals surface area contributed by atoms with Crippen molar-refractivity contribution in [3.63, 3.8) is 0 Å². The number of unbranched alkanes of at least 4 members (excludes halogenated alkanes) is 1. The Labute approximate surface area is 111 Å². The van der Waals surface area contributed by atoms with Crippen LogP contribution in [0.5, 0.6) is 0 Å². The van der Waals surface area contributed by atoms with Crippen molar-refractivity contribution in [1.29, 1.82) is 0 Å². The summed E-state index contributed by atoms with van der Waals surface area (Å²) in [6.07, 6.45) is 1.98. The summed E-state index contributed by atoms with van der Waals surface area (Å²) in [7, 11) is 2.08. The first-order valence-electron chi connectivity index (χ1n) is 6.10. The Bertz CT molecular complexity index is 292. The highest BCUT2D eigenvalue weighted by Gasteiger charge is 2.19. The molecule has 0 saturated heterocycles. The predicted molar refractivity (Wildman–Crippen MR) is 75.6 cm³/mol. The highest BCUT2D eigenvalue weighted by molar-refractivity contribution is 5.85. The molecule has 1 aromatic carbocycles. The first-order chi connectivity index (χ1) is 7.66. The van der Waals surface area contributed by atoms with Gasteiger partial charge in [-0.05, 0) is 32.5 Å². The van der Waals surface area contributed by atoms with Crippen LogP contribution in [0.3, 0.4) is 0 Å². The molecule has 0 aliphatic heterocycles. The fraction of sp³-hybridized carbons (Fsp3) is 0.571. The topological polar surface area (TPSA) is 23.5 Å². The molecule has 0 aromatic heterocycles. The van der Waals surface area contributed by atoms with Crippen LogP contribution in [-0.4, -0.2) is 29.6 Å². The summed E-state index contributed by atoms with van der Waals surface area (Å²) in [5.41, 5.74) is 0.998. The summed E-state index contributed by atoms with van der Waals surface area (Å²) >= 11 is 0. The predicted octanol–water partition coefficient (Wildman–Crippen LogP) is 3.26. The zero-order chi connectivity index (χ0) is 12.0. The first-order valence-corrected chi connectivity index (χ1v) is 6.10. The minimum atomic E-state index is -0.400. The van der Waals surface area contributed by atoms with Crippen LogP contribution >= 0.6 is 12.4 Å². The molecule has 2 atom stereocenters. The molecule has 0 spiro atoms. The van der Waals surface area contributed by atoms with E-state index >= 15 is 0 Å². The van der Waals surface area contributed by atoms with Crippen molar-refractivity contribution < 1.29 is 5.11 Å². The standard InChI is InChI=1S/C14H23NO.ClH/c1-4-5-11-15(3)12(2)14(16)13-9-7-6-8-10-13;/h6-10,12,14,16H,4-5,11H2,1-3H3;1H. The van der Waals surface area contributed by atoms with Crippen molar-refractivity contribution in [1.82, 2.24) is 4.90 Å². The largest absolute Gasteiger partial charge is 0.387 e. The second-order valence-electron chi connectivity index (χ2n) is 4.43. The Morgan fingerprint density at radius 1 is 1.24 bits per heavy atom. The van der Waals surface area contributed by atoms with Crippen molar-refractivity contribution in [3.8, 4) is 0 Å². The van der Waals surface area contributed by atoms with Crippen molar-refractivity contribution in [2.24, 2.45) is 0 Å². The zero-order valence-corrected chi connectivity index (χ0v) is 11.8. The smallest absolute Gasteiger partial charge is 0.0942 e. The molecule has 2 unspecified atom stereocenters. The van der Waals surface area contributed by atoms with Crippen LogP contribution < -0.4 is 0 Å². The van der Waals surface area contributed by atoms with Gasteiger partial charge in [-0.1, -0.05) is 43.7 Å². The lowest BCUT2D eigenvalue weighted by Gasteiger charge is -2.29. The van der Waals surface area contributed by atoms with Gasteiger partial charge in [-0.25, -0.2) is 0 Å². The number of aliphatic hydroxyl groups is 1. The molecule has 1 aromatic rings. The van der Waals surface area contributed by atoms with Gasteiger partial charge < -0.3 is 10.0 Å². The van der Waals surface area contributed by atoms with Gasteiger partial charge in [0.15, 0.2) is 0 Å². The number of benzene rings is 1. The van der Waals surface area contributed by atoms with Gasteiger partial charge in [0.2, 0.25) is 0 Å². The van der Waals surface area contributed by atoms with Gasteiger partial charge in [0.05, 0.1) is 6.10 Å². The number of aliphatic hydroxyl groups excluding tert-OH is 1. The lowest BCUT2D eigenvalue weighted by atomic mass is 10.0. The van der Waals surface area contributed by atoms with Gasteiger partial charge in [-0.3, -0.25) is 0 Å². The second kappa shape index (κ2) is 8.51. The summed E-state index contributed by atoms with van der Waals surface area (Å²) in [4.78, 5) is 2.22. The third kappa shape index (κ3) is 5.07. The van der Waals surface area contributed by atoms with Crippen LogP contribution in [0.2, 0.25) is 0 Å². The molecule has 0 bridgehead atoms. The lowest BCUT2D eigenvalue weighted by molar-refractivity contribution is 0.0719. The number of nitrogens with zero attached hydrogens (tertiary/aromatic N) is 1. The van der Waals surface area contributed by atoms with Crippen LogP contribution in [0.25, 0.3) is 0 Å². The van der Waals surface area contributed by atoms with E-state index in [1.54, 1.807) is 0 Å². The summed E-state index contributed by atoms with van der Waals surface area (Å²) in [5, 5.41) is 10.2. The minimum Gasteiger partial charge on any atom is -0.387 e. The van der Waals surface area contributed by atoms with E-state index in [0.717, 1.165) is 12.1 Å². The molecule has 0 aliphatic carbocycles. The van der Waals surface area contributed by atoms with Gasteiger partial charge in [0, 0.05) is 6.04 Å². The van der Waals surface area contributed by atoms with E-state index in [1.807, 2.05) is 30.3 Å². The number of halogens is 1. The molecular formula is C14H24ClNO. The third-order valence-corrected chi connectivity index (χ3v) is 3.16. The maximum Gasteiger partial charge on any atom is 0.0942 e. The molecule has 1 rings (SSSR count). The van der Waals surface area contributed by atoms with Crippen molar-refractivity contribution in [3.05, 3.63) is 35.9 Å². The lowest BCUT2D eigenvalue weighted by Crippen LogP contribution is -2.35. The van der Waals surface area contributed by atoms with Crippen LogP contribution in [0.1, 0.15) is 38.4 Å². The van der Waals surface area contributed by atoms with E-state index < -0.39 is 6.10 Å². The number of rotatable bonds is 6. The van der Waals surface area contributed by atoms with E-state index in [2.05, 4.69) is 25.8 Å². The Hall–Kier alpha value is -0.570. The molecule has 0 amide bonds. The quantitative estimate of drug-likeness (QED) is 0.846. The minimum absolute atomic E-state index is 0. The maximum absolute atomic E-state index is 10.2. The van der Waals surface area contributed by atoms with E-state index in [0.29, 0.717) is 0 Å². The number of hydrogen-bond acceptors (Lipinski definition) is 2. The van der Waals surface area contributed by atoms with Crippen LogP contribution in [-0.2, 0) is 0 Å². The first kappa shape index (κ1) is 16.4. The Morgan fingerprint density at radius 3 is 2.35 bits per heavy atom. The fourth-order valence-corrected chi connectivity index (χ4v) is 1.78. The summed E-state index contributed by atoms with van der Waals surface area (Å²) < 4.78 is 0. The van der Waals surface area contributed by atoms with Gasteiger partial charge >= 0.3 is 0 Å². The average molecular weight is 258 g/mol. The van der Waals surface area contributed by atoms with Gasteiger partial charge in [0.1, 0.15) is 0 Å². The summed E-state index contributed by atoms with van der Waals surface area (Å²) in [5.74, 6) is 0. The second-order valence-corrected chi connectivity index (χ2v) is 4.43. The van der Waals surface area contributed by atoms with Crippen molar-refractivity contribution in [2.45, 2.75) is 38.8 Å². The molecule has 1 N–H and O–H groups in total. The molecule has 0 aliphatic rings. The highest BCUT2D eigenvalue weighted by atomic mass is 35.5. The molecule has 0 radical (unpaired) electrons. The molecule has 3 heteroatoms. The van der Waals surface area contributed by atoms with Crippen LogP contribution in [0.15, 0.2) is 30.3 Å². The number of likely N-dealkylation sites (N-methyl/N-ethyl adjacent to an activating group) is 1. The molecule has 0 heterocycles. The van der Waals surface area contributed by atoms with Gasteiger partial charge in [0.25, 0.3) is 0 Å². The van der Waals surface area contributed by atoms with Crippen LogP contribution in [0.4, 0.5) is 0 Å². The van der Waals surface area contributed by atoms with Gasteiger partial charge in [-0.15, -0.1) is 12.4 Å². The molecule has 98 valence electrons. The monoisotopic (exact) mass is 257 g/mol. The van der Waals surface area contributed by atoms with E-state index in [-0.39, 0.29) is 18.4 Å². The molecule has 2 nitrogen and oxygen atoms in total. The van der Waals surface area contributed by atoms with E-state index in [4.69, 9.17) is 0 Å². The number of hydrogen-bond donors (Lipinski definition) is 1. The van der Waals surface area contributed by atoms with Crippen molar-refractivity contribution >= 4 is 12.4 Å². The third-order valence-electron chi connectivity index (χ3n) is 3.16. The molecule has 17 heavy (non-hydrogen) atoms. The maximum atomic E-state index is 10.2. The highest BCUT2D eigenvalue weighted by Crippen LogP contribution is 2.19. The Balaban J connectivity index is 0.00000256. The van der Waals surface area contributed by atoms with Gasteiger partial charge in [-0.2, -0.15) is 0 Å². The Kier molecular flexibility index (Phi) is 8.23. The average Bonchev–Trinajstić information content (AvgIpc) is 2.35. The molecular weight excluding hydrogens is 234 g/mol. The fourth-order valence-electron chi connectivity index (χ4n) is 1.78.